The second kappa shape index (κ2) is 10.7. The summed E-state index contributed by atoms with van der Waals surface area (Å²) in [4.78, 5) is 15.2. The average Bonchev–Trinajstić information content (AvgIpc) is 3.08. The van der Waals surface area contributed by atoms with Crippen LogP contribution >= 0.6 is 23.7 Å². The fourth-order valence-corrected chi connectivity index (χ4v) is 3.45. The molecule has 0 aliphatic rings. The third kappa shape index (κ3) is 6.38. The van der Waals surface area contributed by atoms with Crippen molar-refractivity contribution in [3.05, 3.63) is 88.2 Å². The molecule has 0 aliphatic heterocycles. The Balaban J connectivity index is 0.00000261. The van der Waals surface area contributed by atoms with Gasteiger partial charge in [0.2, 0.25) is 5.91 Å². The van der Waals surface area contributed by atoms with Crippen LogP contribution in [0.4, 0.5) is 0 Å². The summed E-state index contributed by atoms with van der Waals surface area (Å²) in [6.45, 7) is 1.60. The van der Waals surface area contributed by atoms with Gasteiger partial charge < -0.3 is 9.47 Å². The molecule has 0 saturated carbocycles. The van der Waals surface area contributed by atoms with Crippen LogP contribution in [0.15, 0.2) is 72.2 Å². The van der Waals surface area contributed by atoms with Crippen molar-refractivity contribution in [1.82, 2.24) is 9.47 Å². The van der Waals surface area contributed by atoms with E-state index in [9.17, 15) is 4.79 Å². The third-order valence-corrected chi connectivity index (χ3v) is 5.08. The van der Waals surface area contributed by atoms with Crippen molar-refractivity contribution in [1.29, 1.82) is 5.41 Å². The maximum Gasteiger partial charge on any atom is 0.242 e. The second-order valence-electron chi connectivity index (χ2n) is 6.19. The number of benzene rings is 2. The summed E-state index contributed by atoms with van der Waals surface area (Å²) in [6, 6.07) is 20.5. The number of halogens is 1. The zero-order valence-corrected chi connectivity index (χ0v) is 16.7. The minimum atomic E-state index is 0. The molecule has 0 radical (unpaired) electrons. The van der Waals surface area contributed by atoms with Gasteiger partial charge in [-0.3, -0.25) is 10.2 Å². The first kappa shape index (κ1) is 20.9. The Morgan fingerprint density at radius 3 is 1.89 bits per heavy atom. The van der Waals surface area contributed by atoms with Crippen LogP contribution in [0, 0.1) is 5.41 Å². The Hall–Kier alpha value is -2.37. The molecule has 1 N–H and O–H groups in total. The number of carbonyl (C=O) groups is 1. The van der Waals surface area contributed by atoms with Gasteiger partial charge in [-0.05, 0) is 24.0 Å². The lowest BCUT2D eigenvalue weighted by Gasteiger charge is -2.23. The van der Waals surface area contributed by atoms with Crippen molar-refractivity contribution in [2.45, 2.75) is 19.4 Å². The van der Waals surface area contributed by atoms with E-state index in [1.165, 1.54) is 22.5 Å². The van der Waals surface area contributed by atoms with Crippen LogP contribution in [0.2, 0.25) is 0 Å². The summed E-state index contributed by atoms with van der Waals surface area (Å²) in [5.41, 5.74) is 2.46. The molecule has 0 bridgehead atoms. The Morgan fingerprint density at radius 2 is 1.44 bits per heavy atom. The van der Waals surface area contributed by atoms with E-state index in [2.05, 4.69) is 24.3 Å². The number of nitrogens with one attached hydrogen (secondary N) is 1. The first-order valence-electron chi connectivity index (χ1n) is 8.76. The molecule has 4 nitrogen and oxygen atoms in total. The molecule has 0 fully saturated rings. The summed E-state index contributed by atoms with van der Waals surface area (Å²) in [6.07, 6.45) is 3.48. The molecule has 1 amide bonds. The smallest absolute Gasteiger partial charge is 0.242 e. The number of amides is 1. The van der Waals surface area contributed by atoms with Gasteiger partial charge in [-0.15, -0.1) is 23.7 Å². The normalized spacial score (nSPS) is 10.2. The van der Waals surface area contributed by atoms with E-state index in [-0.39, 0.29) is 24.9 Å². The number of nitrogens with zero attached hydrogens (tertiary/aromatic N) is 2. The molecule has 3 aromatic rings. The molecule has 1 heterocycles. The molecule has 0 spiro atoms. The summed E-state index contributed by atoms with van der Waals surface area (Å²) >= 11 is 1.34. The van der Waals surface area contributed by atoms with Gasteiger partial charge in [-0.1, -0.05) is 60.7 Å². The lowest BCUT2D eigenvalue weighted by Crippen LogP contribution is -2.38. The number of thiazole rings is 1. The van der Waals surface area contributed by atoms with Crippen LogP contribution in [0.1, 0.15) is 11.1 Å². The summed E-state index contributed by atoms with van der Waals surface area (Å²) in [5.74, 6) is 0.0637. The van der Waals surface area contributed by atoms with Crippen LogP contribution in [-0.4, -0.2) is 28.5 Å². The molecule has 2 aromatic carbocycles. The lowest BCUT2D eigenvalue weighted by molar-refractivity contribution is -0.131. The Morgan fingerprint density at radius 1 is 0.926 bits per heavy atom. The number of carbonyl (C=O) groups excluding carboxylic acids is 1. The van der Waals surface area contributed by atoms with Gasteiger partial charge >= 0.3 is 0 Å². The van der Waals surface area contributed by atoms with Crippen LogP contribution in [0.25, 0.3) is 0 Å². The maximum atomic E-state index is 12.8. The zero-order chi connectivity index (χ0) is 18.2. The molecule has 142 valence electrons. The molecular weight excluding hydrogens is 378 g/mol. The van der Waals surface area contributed by atoms with Crippen molar-refractivity contribution < 1.29 is 4.79 Å². The Labute approximate surface area is 170 Å². The van der Waals surface area contributed by atoms with Crippen LogP contribution in [0.5, 0.6) is 0 Å². The van der Waals surface area contributed by atoms with Gasteiger partial charge in [0.05, 0.1) is 0 Å². The fourth-order valence-electron chi connectivity index (χ4n) is 2.85. The van der Waals surface area contributed by atoms with Crippen molar-refractivity contribution in [2.24, 2.45) is 0 Å². The van der Waals surface area contributed by atoms with Gasteiger partial charge in [0.15, 0.2) is 4.80 Å². The highest BCUT2D eigenvalue weighted by atomic mass is 35.5. The highest BCUT2D eigenvalue weighted by molar-refractivity contribution is 7.06. The molecule has 1 aromatic heterocycles. The first-order valence-corrected chi connectivity index (χ1v) is 9.64. The van der Waals surface area contributed by atoms with E-state index in [0.717, 1.165) is 12.8 Å². The number of hydrogen-bond acceptors (Lipinski definition) is 3. The number of hydrogen-bond donors (Lipinski definition) is 1. The van der Waals surface area contributed by atoms with Crippen LogP contribution < -0.4 is 4.80 Å². The van der Waals surface area contributed by atoms with E-state index >= 15 is 0 Å². The minimum Gasteiger partial charge on any atom is -0.340 e. The second-order valence-corrected chi connectivity index (χ2v) is 7.08. The summed E-state index contributed by atoms with van der Waals surface area (Å²) in [5, 5.41) is 9.71. The monoisotopic (exact) mass is 401 g/mol. The van der Waals surface area contributed by atoms with Crippen molar-refractivity contribution in [2.75, 3.05) is 13.1 Å². The topological polar surface area (TPSA) is 49.1 Å². The average molecular weight is 402 g/mol. The van der Waals surface area contributed by atoms with Crippen molar-refractivity contribution >= 4 is 29.7 Å². The fraction of sp³-hybridized carbons (Fsp3) is 0.238. The molecule has 3 rings (SSSR count). The SMILES string of the molecule is Cl.N=c1sccn1CC(=O)N(CCc1ccccc1)CCc1ccccc1. The third-order valence-electron chi connectivity index (χ3n) is 4.37. The van der Waals surface area contributed by atoms with E-state index < -0.39 is 0 Å². The minimum absolute atomic E-state index is 0. The lowest BCUT2D eigenvalue weighted by atomic mass is 10.1. The highest BCUT2D eigenvalue weighted by Gasteiger charge is 2.14. The van der Waals surface area contributed by atoms with Crippen molar-refractivity contribution in [3.63, 3.8) is 0 Å². The van der Waals surface area contributed by atoms with Crippen LogP contribution in [0.3, 0.4) is 0 Å². The summed E-state index contributed by atoms with van der Waals surface area (Å²) < 4.78 is 1.70. The largest absolute Gasteiger partial charge is 0.340 e. The Bertz CT molecular complexity index is 833. The predicted octanol–water partition coefficient (Wildman–Crippen LogP) is 3.76. The first-order chi connectivity index (χ1) is 12.7. The van der Waals surface area contributed by atoms with E-state index in [1.54, 1.807) is 10.8 Å². The molecule has 0 atom stereocenters. The molecule has 0 saturated heterocycles. The standard InChI is InChI=1S/C21H23N3OS.ClH/c22-21-24(15-16-26-21)17-20(25)23(13-11-18-7-3-1-4-8-18)14-12-19-9-5-2-6-10-19;/h1-10,15-16,22H,11-14,17H2;1H. The quantitative estimate of drug-likeness (QED) is 0.613. The molecular formula is C21H24ClN3OS. The van der Waals surface area contributed by atoms with Gasteiger partial charge in [0, 0.05) is 24.7 Å². The van der Waals surface area contributed by atoms with Crippen LogP contribution in [-0.2, 0) is 24.2 Å². The molecule has 27 heavy (non-hydrogen) atoms. The number of aromatic nitrogens is 1. The molecule has 6 heteroatoms. The van der Waals surface area contributed by atoms with E-state index in [4.69, 9.17) is 5.41 Å². The predicted molar refractivity (Wildman–Crippen MR) is 112 cm³/mol. The number of rotatable bonds is 8. The highest BCUT2D eigenvalue weighted by Crippen LogP contribution is 2.06. The zero-order valence-electron chi connectivity index (χ0n) is 15.1. The van der Waals surface area contributed by atoms with E-state index in [1.807, 2.05) is 46.7 Å². The van der Waals surface area contributed by atoms with Gasteiger partial charge in [0.25, 0.3) is 0 Å². The Kier molecular flexibility index (Phi) is 8.30. The molecule has 0 aliphatic carbocycles. The maximum absolute atomic E-state index is 12.8. The van der Waals surface area contributed by atoms with Gasteiger partial charge in [0.1, 0.15) is 6.54 Å². The van der Waals surface area contributed by atoms with Gasteiger partial charge in [-0.2, -0.15) is 0 Å². The molecule has 0 unspecified atom stereocenters. The van der Waals surface area contributed by atoms with Gasteiger partial charge in [-0.25, -0.2) is 0 Å². The summed E-state index contributed by atoms with van der Waals surface area (Å²) in [7, 11) is 0. The van der Waals surface area contributed by atoms with Crippen molar-refractivity contribution in [3.8, 4) is 0 Å². The van der Waals surface area contributed by atoms with E-state index in [0.29, 0.717) is 17.9 Å².